The minimum atomic E-state index is -0.938. The molecule has 0 spiro atoms. The minimum Gasteiger partial charge on any atom is -0.439 e. The fraction of sp³-hybridized carbons (Fsp3) is 0.467. The maximum atomic E-state index is 12.6. The van der Waals surface area contributed by atoms with E-state index in [0.29, 0.717) is 5.56 Å². The highest BCUT2D eigenvalue weighted by molar-refractivity contribution is 5.98. The van der Waals surface area contributed by atoms with E-state index in [1.165, 1.54) is 4.90 Å². The number of benzene rings is 1. The predicted molar refractivity (Wildman–Crippen MR) is 72.8 cm³/mol. The van der Waals surface area contributed by atoms with Crippen LogP contribution < -0.4 is 0 Å². The van der Waals surface area contributed by atoms with Gasteiger partial charge in [0.25, 0.3) is 5.91 Å². The number of esters is 1. The number of rotatable bonds is 2. The first-order chi connectivity index (χ1) is 9.36. The zero-order valence-corrected chi connectivity index (χ0v) is 11.9. The molecule has 1 amide bonds. The molecule has 0 bridgehead atoms. The van der Waals surface area contributed by atoms with Crippen molar-refractivity contribution in [2.45, 2.75) is 33.0 Å². The van der Waals surface area contributed by atoms with Crippen LogP contribution >= 0.6 is 0 Å². The summed E-state index contributed by atoms with van der Waals surface area (Å²) in [4.78, 5) is 25.8. The molecule has 5 heteroatoms. The zero-order valence-electron chi connectivity index (χ0n) is 11.9. The molecule has 0 saturated carbocycles. The van der Waals surface area contributed by atoms with E-state index < -0.39 is 30.3 Å². The molecule has 1 aliphatic rings. The predicted octanol–water partition coefficient (Wildman–Crippen LogP) is 1.42. The van der Waals surface area contributed by atoms with Crippen molar-refractivity contribution in [2.75, 3.05) is 6.61 Å². The average Bonchev–Trinajstić information content (AvgIpc) is 2.75. The molecule has 20 heavy (non-hydrogen) atoms. The maximum absolute atomic E-state index is 12.6. The average molecular weight is 277 g/mol. The van der Waals surface area contributed by atoms with Crippen molar-refractivity contribution in [3.63, 3.8) is 0 Å². The fourth-order valence-electron chi connectivity index (χ4n) is 2.26. The molecule has 0 aliphatic carbocycles. The Morgan fingerprint density at radius 3 is 2.40 bits per heavy atom. The number of hydrogen-bond donors (Lipinski definition) is 1. The Morgan fingerprint density at radius 2 is 1.90 bits per heavy atom. The first-order valence-electron chi connectivity index (χ1n) is 6.55. The monoisotopic (exact) mass is 277 g/mol. The van der Waals surface area contributed by atoms with Gasteiger partial charge in [-0.2, -0.15) is 0 Å². The van der Waals surface area contributed by atoms with Crippen LogP contribution in [0.2, 0.25) is 0 Å². The number of hydrogen-bond acceptors (Lipinski definition) is 4. The smallest absolute Gasteiger partial charge is 0.333 e. The Hall–Kier alpha value is -1.88. The molecule has 1 saturated heterocycles. The van der Waals surface area contributed by atoms with Gasteiger partial charge in [-0.1, -0.05) is 39.0 Å². The van der Waals surface area contributed by atoms with Crippen LogP contribution in [0, 0.1) is 5.41 Å². The zero-order chi connectivity index (χ0) is 14.9. The fourth-order valence-corrected chi connectivity index (χ4v) is 2.26. The van der Waals surface area contributed by atoms with Crippen molar-refractivity contribution in [3.05, 3.63) is 35.9 Å². The molecule has 0 aromatic heterocycles. The molecule has 1 heterocycles. The van der Waals surface area contributed by atoms with Gasteiger partial charge in [-0.25, -0.2) is 4.79 Å². The second-order valence-corrected chi connectivity index (χ2v) is 5.93. The van der Waals surface area contributed by atoms with Crippen molar-refractivity contribution in [2.24, 2.45) is 5.41 Å². The number of carbonyl (C=O) groups excluding carboxylic acids is 2. The lowest BCUT2D eigenvalue weighted by molar-refractivity contribution is -0.147. The summed E-state index contributed by atoms with van der Waals surface area (Å²) >= 11 is 0. The van der Waals surface area contributed by atoms with Gasteiger partial charge in [0.15, 0.2) is 12.3 Å². The van der Waals surface area contributed by atoms with Crippen LogP contribution in [-0.2, 0) is 9.53 Å². The number of ether oxygens (including phenoxy) is 1. The lowest BCUT2D eigenvalue weighted by Gasteiger charge is -2.33. The molecule has 0 radical (unpaired) electrons. The second kappa shape index (κ2) is 5.25. The molecule has 1 aliphatic heterocycles. The van der Waals surface area contributed by atoms with Gasteiger partial charge in [-0.15, -0.1) is 0 Å². The van der Waals surface area contributed by atoms with Crippen LogP contribution in [0.4, 0.5) is 0 Å². The molecule has 2 unspecified atom stereocenters. The molecule has 2 rings (SSSR count). The molecule has 1 aromatic carbocycles. The van der Waals surface area contributed by atoms with E-state index in [1.807, 2.05) is 26.8 Å². The SMILES string of the molecule is CC(C)(C)C1OC(=O)C(CO)N1C(=O)c1ccccc1. The quantitative estimate of drug-likeness (QED) is 0.830. The van der Waals surface area contributed by atoms with E-state index >= 15 is 0 Å². The molecule has 1 fully saturated rings. The van der Waals surface area contributed by atoms with Gasteiger partial charge in [0, 0.05) is 11.0 Å². The van der Waals surface area contributed by atoms with Crippen molar-refractivity contribution >= 4 is 11.9 Å². The number of aliphatic hydroxyl groups excluding tert-OH is 1. The van der Waals surface area contributed by atoms with Crippen molar-refractivity contribution in [1.29, 1.82) is 0 Å². The molecule has 5 nitrogen and oxygen atoms in total. The second-order valence-electron chi connectivity index (χ2n) is 5.93. The van der Waals surface area contributed by atoms with E-state index in [2.05, 4.69) is 0 Å². The maximum Gasteiger partial charge on any atom is 0.333 e. The van der Waals surface area contributed by atoms with Crippen molar-refractivity contribution in [3.8, 4) is 0 Å². The summed E-state index contributed by atoms with van der Waals surface area (Å²) in [6.45, 7) is 5.21. The molecular formula is C15H19NO4. The summed E-state index contributed by atoms with van der Waals surface area (Å²) in [5, 5.41) is 9.39. The topological polar surface area (TPSA) is 66.8 Å². The highest BCUT2D eigenvalue weighted by atomic mass is 16.6. The third kappa shape index (κ3) is 2.54. The third-order valence-corrected chi connectivity index (χ3v) is 3.26. The number of cyclic esters (lactones) is 1. The van der Waals surface area contributed by atoms with Gasteiger partial charge in [0.05, 0.1) is 6.61 Å². The van der Waals surface area contributed by atoms with E-state index in [9.17, 15) is 14.7 Å². The Morgan fingerprint density at radius 1 is 1.30 bits per heavy atom. The summed E-state index contributed by atoms with van der Waals surface area (Å²) in [5.41, 5.74) is 0.0443. The van der Waals surface area contributed by atoms with Crippen molar-refractivity contribution in [1.82, 2.24) is 4.90 Å². The van der Waals surface area contributed by atoms with Crippen LogP contribution in [0.5, 0.6) is 0 Å². The van der Waals surface area contributed by atoms with Gasteiger partial charge in [0.1, 0.15) is 0 Å². The lowest BCUT2D eigenvalue weighted by Crippen LogP contribution is -2.49. The molecular weight excluding hydrogens is 258 g/mol. The van der Waals surface area contributed by atoms with Gasteiger partial charge in [-0.05, 0) is 12.1 Å². The summed E-state index contributed by atoms with van der Waals surface area (Å²) in [6, 6.07) is 7.75. The Bertz CT molecular complexity index is 506. The van der Waals surface area contributed by atoms with E-state index in [-0.39, 0.29) is 5.91 Å². The van der Waals surface area contributed by atoms with Gasteiger partial charge >= 0.3 is 5.97 Å². The molecule has 1 N–H and O–H groups in total. The lowest BCUT2D eigenvalue weighted by atomic mass is 9.92. The van der Waals surface area contributed by atoms with E-state index in [0.717, 1.165) is 0 Å². The van der Waals surface area contributed by atoms with Crippen LogP contribution in [0.1, 0.15) is 31.1 Å². The summed E-state index contributed by atoms with van der Waals surface area (Å²) < 4.78 is 5.29. The first kappa shape index (κ1) is 14.5. The highest BCUT2D eigenvalue weighted by Gasteiger charge is 2.49. The normalized spacial score (nSPS) is 22.8. The largest absolute Gasteiger partial charge is 0.439 e. The van der Waals surface area contributed by atoms with Gasteiger partial charge in [-0.3, -0.25) is 9.69 Å². The third-order valence-electron chi connectivity index (χ3n) is 3.26. The number of amides is 1. The van der Waals surface area contributed by atoms with Crippen LogP contribution in [0.15, 0.2) is 30.3 Å². The number of nitrogens with zero attached hydrogens (tertiary/aromatic N) is 1. The number of aliphatic hydroxyl groups is 1. The Labute approximate surface area is 118 Å². The summed E-state index contributed by atoms with van der Waals surface area (Å²) in [7, 11) is 0. The van der Waals surface area contributed by atoms with E-state index in [4.69, 9.17) is 4.74 Å². The molecule has 108 valence electrons. The van der Waals surface area contributed by atoms with Crippen LogP contribution in [0.3, 0.4) is 0 Å². The summed E-state index contributed by atoms with van der Waals surface area (Å²) in [6.07, 6.45) is -0.681. The van der Waals surface area contributed by atoms with Crippen LogP contribution in [-0.4, -0.2) is 40.8 Å². The number of carbonyl (C=O) groups is 2. The molecule has 1 aromatic rings. The Balaban J connectivity index is 2.38. The minimum absolute atomic E-state index is 0.310. The van der Waals surface area contributed by atoms with Gasteiger partial charge < -0.3 is 9.84 Å². The Kier molecular flexibility index (Phi) is 3.81. The van der Waals surface area contributed by atoms with Gasteiger partial charge in [0.2, 0.25) is 0 Å². The van der Waals surface area contributed by atoms with E-state index in [1.54, 1.807) is 24.3 Å². The standard InChI is InChI=1S/C15H19NO4/c1-15(2,3)14-16(11(9-17)13(19)20-14)12(18)10-7-5-4-6-8-10/h4-8,11,14,17H,9H2,1-3H3. The first-order valence-corrected chi connectivity index (χ1v) is 6.55. The van der Waals surface area contributed by atoms with Crippen molar-refractivity contribution < 1.29 is 19.4 Å². The van der Waals surface area contributed by atoms with Crippen LogP contribution in [0.25, 0.3) is 0 Å². The molecule has 2 atom stereocenters. The summed E-state index contributed by atoms with van der Waals surface area (Å²) in [5.74, 6) is -0.868. The highest BCUT2D eigenvalue weighted by Crippen LogP contribution is 2.33.